The Morgan fingerprint density at radius 1 is 0.903 bits per heavy atom. The molecular formula is C24H14N2O4S. The summed E-state index contributed by atoms with van der Waals surface area (Å²) in [5.41, 5.74) is 5.01. The van der Waals surface area contributed by atoms with Gasteiger partial charge in [-0.3, -0.25) is 14.9 Å². The zero-order valence-corrected chi connectivity index (χ0v) is 16.9. The summed E-state index contributed by atoms with van der Waals surface area (Å²) in [6.07, 6.45) is 0. The number of hydrogen-bond donors (Lipinski definition) is 1. The Hall–Kier alpha value is -3.97. The second-order valence-electron chi connectivity index (χ2n) is 7.20. The monoisotopic (exact) mass is 426 g/mol. The third-order valence-corrected chi connectivity index (χ3v) is 6.14. The number of ketones is 1. The maximum Gasteiger partial charge on any atom is 0.257 e. The lowest BCUT2D eigenvalue weighted by Gasteiger charge is -2.05. The lowest BCUT2D eigenvalue weighted by atomic mass is 10.0. The van der Waals surface area contributed by atoms with Crippen molar-refractivity contribution in [2.75, 3.05) is 12.1 Å². The van der Waals surface area contributed by atoms with E-state index >= 15 is 0 Å². The number of carbonyl (C=O) groups excluding carboxylic acids is 2. The summed E-state index contributed by atoms with van der Waals surface area (Å²) < 4.78 is 10.7. The van der Waals surface area contributed by atoms with Crippen LogP contribution in [0.3, 0.4) is 0 Å². The molecule has 1 aliphatic carbocycles. The number of nitrogens with zero attached hydrogens (tertiary/aromatic N) is 1. The smallest absolute Gasteiger partial charge is 0.257 e. The number of thiazole rings is 1. The Morgan fingerprint density at radius 3 is 2.61 bits per heavy atom. The minimum absolute atomic E-state index is 0.0559. The van der Waals surface area contributed by atoms with E-state index < -0.39 is 0 Å². The van der Waals surface area contributed by atoms with Crippen LogP contribution < -0.4 is 14.8 Å². The highest BCUT2D eigenvalue weighted by molar-refractivity contribution is 7.14. The summed E-state index contributed by atoms with van der Waals surface area (Å²) in [6.45, 7) is 0.214. The number of aromatic nitrogens is 1. The van der Waals surface area contributed by atoms with E-state index in [0.717, 1.165) is 22.4 Å². The molecule has 0 radical (unpaired) electrons. The van der Waals surface area contributed by atoms with Crippen LogP contribution in [0.5, 0.6) is 11.5 Å². The number of amides is 1. The lowest BCUT2D eigenvalue weighted by molar-refractivity contribution is 0.102. The number of anilines is 1. The SMILES string of the molecule is O=C(Nc1nc(-c2ccc3c(c2)OCO3)cs1)c1ccc2c(c1)C(=O)c1ccccc1-2. The van der Waals surface area contributed by atoms with Crippen molar-refractivity contribution < 1.29 is 19.1 Å². The number of fused-ring (bicyclic) bond motifs is 4. The molecule has 4 aromatic rings. The first-order chi connectivity index (χ1) is 15.2. The van der Waals surface area contributed by atoms with Gasteiger partial charge in [-0.15, -0.1) is 11.3 Å². The molecule has 31 heavy (non-hydrogen) atoms. The van der Waals surface area contributed by atoms with Crippen molar-refractivity contribution in [3.05, 3.63) is 82.7 Å². The van der Waals surface area contributed by atoms with E-state index in [0.29, 0.717) is 33.3 Å². The predicted octanol–water partition coefficient (Wildman–Crippen LogP) is 5.00. The molecule has 150 valence electrons. The summed E-state index contributed by atoms with van der Waals surface area (Å²) in [7, 11) is 0. The summed E-state index contributed by atoms with van der Waals surface area (Å²) in [5.74, 6) is 1.03. The fraction of sp³-hybridized carbons (Fsp3) is 0.0417. The first-order valence-corrected chi connectivity index (χ1v) is 10.5. The van der Waals surface area contributed by atoms with Crippen LogP contribution in [0.15, 0.2) is 66.0 Å². The molecule has 0 fully saturated rings. The molecule has 0 bridgehead atoms. The number of hydrogen-bond acceptors (Lipinski definition) is 6. The molecule has 6 nitrogen and oxygen atoms in total. The van der Waals surface area contributed by atoms with E-state index in [-0.39, 0.29) is 18.5 Å². The maximum absolute atomic E-state index is 12.8. The van der Waals surface area contributed by atoms with Crippen molar-refractivity contribution >= 4 is 28.2 Å². The van der Waals surface area contributed by atoms with Gasteiger partial charge in [-0.1, -0.05) is 30.3 Å². The van der Waals surface area contributed by atoms with Gasteiger partial charge < -0.3 is 9.47 Å². The Labute approximate surface area is 181 Å². The standard InChI is InChI=1S/C24H14N2O4S/c27-22-17-4-2-1-3-15(17)16-7-5-14(9-18(16)22)23(28)26-24-25-19(11-31-24)13-6-8-20-21(10-13)30-12-29-20/h1-11H,12H2,(H,25,26,28). The third kappa shape index (κ3) is 2.90. The lowest BCUT2D eigenvalue weighted by Crippen LogP contribution is -2.12. The van der Waals surface area contributed by atoms with E-state index in [1.807, 2.05) is 53.9 Å². The molecule has 1 amide bonds. The Kier molecular flexibility index (Phi) is 3.91. The van der Waals surface area contributed by atoms with Gasteiger partial charge in [0.15, 0.2) is 22.4 Å². The summed E-state index contributed by atoms with van der Waals surface area (Å²) in [4.78, 5) is 30.0. The number of nitrogens with one attached hydrogen (secondary N) is 1. The molecule has 0 atom stereocenters. The molecule has 1 aromatic heterocycles. The highest BCUT2D eigenvalue weighted by Crippen LogP contribution is 2.38. The number of benzene rings is 3. The Balaban J connectivity index is 1.24. The largest absolute Gasteiger partial charge is 0.454 e. The summed E-state index contributed by atoms with van der Waals surface area (Å²) >= 11 is 1.33. The number of carbonyl (C=O) groups is 2. The highest BCUT2D eigenvalue weighted by atomic mass is 32.1. The molecule has 1 N–H and O–H groups in total. The van der Waals surface area contributed by atoms with Crippen molar-refractivity contribution in [1.82, 2.24) is 4.98 Å². The van der Waals surface area contributed by atoms with Crippen LogP contribution in [0.25, 0.3) is 22.4 Å². The normalized spacial score (nSPS) is 13.1. The summed E-state index contributed by atoms with van der Waals surface area (Å²) in [5, 5.41) is 5.18. The zero-order valence-electron chi connectivity index (χ0n) is 16.0. The van der Waals surface area contributed by atoms with Gasteiger partial charge in [0.1, 0.15) is 0 Å². The number of rotatable bonds is 3. The van der Waals surface area contributed by atoms with Crippen molar-refractivity contribution in [3.63, 3.8) is 0 Å². The van der Waals surface area contributed by atoms with Gasteiger partial charge in [0.25, 0.3) is 5.91 Å². The van der Waals surface area contributed by atoms with Crippen LogP contribution in [0.1, 0.15) is 26.3 Å². The molecule has 7 heteroatoms. The number of ether oxygens (including phenoxy) is 2. The molecule has 0 unspecified atom stereocenters. The molecule has 2 heterocycles. The van der Waals surface area contributed by atoms with Crippen LogP contribution in [0.2, 0.25) is 0 Å². The molecule has 1 aliphatic heterocycles. The summed E-state index contributed by atoms with van der Waals surface area (Å²) in [6, 6.07) is 18.3. The first kappa shape index (κ1) is 17.9. The van der Waals surface area contributed by atoms with Crippen LogP contribution in [0.4, 0.5) is 5.13 Å². The van der Waals surface area contributed by atoms with E-state index in [2.05, 4.69) is 10.3 Å². The van der Waals surface area contributed by atoms with Crippen LogP contribution >= 0.6 is 11.3 Å². The zero-order chi connectivity index (χ0) is 20.9. The highest BCUT2D eigenvalue weighted by Gasteiger charge is 2.27. The van der Waals surface area contributed by atoms with Gasteiger partial charge in [-0.05, 0) is 41.5 Å². The van der Waals surface area contributed by atoms with Crippen molar-refractivity contribution in [3.8, 4) is 33.9 Å². The average molecular weight is 426 g/mol. The Morgan fingerprint density at radius 2 is 1.71 bits per heavy atom. The second kappa shape index (κ2) is 6.78. The predicted molar refractivity (Wildman–Crippen MR) is 117 cm³/mol. The van der Waals surface area contributed by atoms with Gasteiger partial charge in [-0.25, -0.2) is 4.98 Å². The minimum atomic E-state index is -0.307. The average Bonchev–Trinajstić information content (AvgIpc) is 3.52. The van der Waals surface area contributed by atoms with E-state index in [4.69, 9.17) is 9.47 Å². The minimum Gasteiger partial charge on any atom is -0.454 e. The molecule has 0 saturated carbocycles. The van der Waals surface area contributed by atoms with Gasteiger partial charge in [-0.2, -0.15) is 0 Å². The van der Waals surface area contributed by atoms with Gasteiger partial charge in [0.05, 0.1) is 5.69 Å². The van der Waals surface area contributed by atoms with Crippen molar-refractivity contribution in [1.29, 1.82) is 0 Å². The second-order valence-corrected chi connectivity index (χ2v) is 8.05. The van der Waals surface area contributed by atoms with Crippen LogP contribution in [-0.4, -0.2) is 23.5 Å². The molecule has 2 aliphatic rings. The first-order valence-electron chi connectivity index (χ1n) is 9.62. The van der Waals surface area contributed by atoms with E-state index in [1.165, 1.54) is 11.3 Å². The van der Waals surface area contributed by atoms with Crippen molar-refractivity contribution in [2.45, 2.75) is 0 Å². The van der Waals surface area contributed by atoms with E-state index in [1.54, 1.807) is 12.1 Å². The topological polar surface area (TPSA) is 77.5 Å². The molecule has 3 aromatic carbocycles. The Bertz CT molecular complexity index is 1390. The molecular weight excluding hydrogens is 412 g/mol. The van der Waals surface area contributed by atoms with Crippen molar-refractivity contribution in [2.24, 2.45) is 0 Å². The van der Waals surface area contributed by atoms with Crippen LogP contribution in [0, 0.1) is 0 Å². The van der Waals surface area contributed by atoms with Gasteiger partial charge in [0.2, 0.25) is 6.79 Å². The maximum atomic E-state index is 12.8. The van der Waals surface area contributed by atoms with E-state index in [9.17, 15) is 9.59 Å². The molecule has 6 rings (SSSR count). The third-order valence-electron chi connectivity index (χ3n) is 5.38. The van der Waals surface area contributed by atoms with Gasteiger partial charge in [0, 0.05) is 27.6 Å². The van der Waals surface area contributed by atoms with Gasteiger partial charge >= 0.3 is 0 Å². The molecule has 0 spiro atoms. The van der Waals surface area contributed by atoms with Crippen LogP contribution in [-0.2, 0) is 0 Å². The fourth-order valence-electron chi connectivity index (χ4n) is 3.86. The quantitative estimate of drug-likeness (QED) is 0.439. The fourth-order valence-corrected chi connectivity index (χ4v) is 4.57. The molecule has 0 saturated heterocycles.